The Balaban J connectivity index is 2.20. The van der Waals surface area contributed by atoms with Crippen molar-refractivity contribution in [2.45, 2.75) is 17.7 Å². The second-order valence-electron chi connectivity index (χ2n) is 4.53. The van der Waals surface area contributed by atoms with E-state index in [0.717, 1.165) is 12.8 Å². The Morgan fingerprint density at radius 3 is 2.53 bits per heavy atom. The number of benzene rings is 1. The van der Waals surface area contributed by atoms with Crippen molar-refractivity contribution in [3.8, 4) is 0 Å². The Morgan fingerprint density at radius 1 is 1.32 bits per heavy atom. The lowest BCUT2D eigenvalue weighted by atomic mass is 10.3. The first-order valence-electron chi connectivity index (χ1n) is 5.96. The monoisotopic (exact) mass is 302 g/mol. The van der Waals surface area contributed by atoms with Gasteiger partial charge in [0.2, 0.25) is 5.91 Å². The molecule has 2 rings (SSSR count). The first-order valence-corrected chi connectivity index (χ1v) is 7.99. The SMILES string of the molecule is Nc1cc(Cl)ccc1S(=O)(=O)CC(=O)N1CCCC1. The van der Waals surface area contributed by atoms with Crippen molar-refractivity contribution >= 4 is 33.0 Å². The zero-order valence-corrected chi connectivity index (χ0v) is 11.9. The van der Waals surface area contributed by atoms with Crippen LogP contribution in [0.15, 0.2) is 23.1 Å². The van der Waals surface area contributed by atoms with E-state index >= 15 is 0 Å². The van der Waals surface area contributed by atoms with Gasteiger partial charge >= 0.3 is 0 Å². The Labute approximate surface area is 117 Å². The van der Waals surface area contributed by atoms with Crippen molar-refractivity contribution in [3.05, 3.63) is 23.2 Å². The molecule has 104 valence electrons. The van der Waals surface area contributed by atoms with Crippen LogP contribution in [0.1, 0.15) is 12.8 Å². The topological polar surface area (TPSA) is 80.5 Å². The van der Waals surface area contributed by atoms with Gasteiger partial charge in [-0.2, -0.15) is 0 Å². The smallest absolute Gasteiger partial charge is 0.238 e. The summed E-state index contributed by atoms with van der Waals surface area (Å²) in [6.45, 7) is 1.26. The molecule has 0 bridgehead atoms. The summed E-state index contributed by atoms with van der Waals surface area (Å²) in [6.07, 6.45) is 1.85. The Kier molecular flexibility index (Phi) is 4.01. The molecular formula is C12H15ClN2O3S. The van der Waals surface area contributed by atoms with E-state index in [1.807, 2.05) is 0 Å². The fourth-order valence-corrected chi connectivity index (χ4v) is 3.64. The molecule has 0 aromatic heterocycles. The molecule has 1 aliphatic heterocycles. The molecule has 0 spiro atoms. The summed E-state index contributed by atoms with van der Waals surface area (Å²) in [7, 11) is -3.72. The molecule has 19 heavy (non-hydrogen) atoms. The average molecular weight is 303 g/mol. The lowest BCUT2D eigenvalue weighted by Gasteiger charge is -2.15. The minimum Gasteiger partial charge on any atom is -0.398 e. The van der Waals surface area contributed by atoms with Crippen LogP contribution in [0.2, 0.25) is 5.02 Å². The zero-order valence-electron chi connectivity index (χ0n) is 10.3. The van der Waals surface area contributed by atoms with Gasteiger partial charge in [0.1, 0.15) is 5.75 Å². The molecule has 1 heterocycles. The van der Waals surface area contributed by atoms with Gasteiger partial charge in [0.15, 0.2) is 9.84 Å². The van der Waals surface area contributed by atoms with Crippen molar-refractivity contribution in [1.82, 2.24) is 4.90 Å². The number of carbonyl (C=O) groups is 1. The first kappa shape index (κ1) is 14.1. The molecule has 5 nitrogen and oxygen atoms in total. The van der Waals surface area contributed by atoms with Crippen LogP contribution >= 0.6 is 11.6 Å². The highest BCUT2D eigenvalue weighted by Gasteiger charge is 2.26. The van der Waals surface area contributed by atoms with Gasteiger partial charge in [0.05, 0.1) is 10.6 Å². The van der Waals surface area contributed by atoms with Gasteiger partial charge in [-0.15, -0.1) is 0 Å². The maximum Gasteiger partial charge on any atom is 0.238 e. The predicted octanol–water partition coefficient (Wildman–Crippen LogP) is 1.32. The number of sulfone groups is 1. The van der Waals surface area contributed by atoms with Crippen LogP contribution in [0.25, 0.3) is 0 Å². The normalized spacial score (nSPS) is 15.7. The van der Waals surface area contributed by atoms with E-state index in [0.29, 0.717) is 18.1 Å². The molecule has 0 atom stereocenters. The molecule has 1 saturated heterocycles. The van der Waals surface area contributed by atoms with Crippen LogP contribution in [0.4, 0.5) is 5.69 Å². The average Bonchev–Trinajstić information content (AvgIpc) is 2.80. The van der Waals surface area contributed by atoms with Gasteiger partial charge in [-0.1, -0.05) is 11.6 Å². The third-order valence-electron chi connectivity index (χ3n) is 3.08. The van der Waals surface area contributed by atoms with Crippen LogP contribution in [-0.2, 0) is 14.6 Å². The summed E-state index contributed by atoms with van der Waals surface area (Å²) in [6, 6.07) is 4.16. The van der Waals surface area contributed by atoms with E-state index in [-0.39, 0.29) is 16.5 Å². The van der Waals surface area contributed by atoms with Crippen LogP contribution in [0.5, 0.6) is 0 Å². The molecule has 0 radical (unpaired) electrons. The molecule has 7 heteroatoms. The number of nitrogen functional groups attached to an aromatic ring is 1. The van der Waals surface area contributed by atoms with E-state index < -0.39 is 15.6 Å². The summed E-state index contributed by atoms with van der Waals surface area (Å²) in [5.74, 6) is -0.911. The Hall–Kier alpha value is -1.27. The summed E-state index contributed by atoms with van der Waals surface area (Å²) < 4.78 is 24.3. The van der Waals surface area contributed by atoms with Gasteiger partial charge in [0.25, 0.3) is 0 Å². The van der Waals surface area contributed by atoms with E-state index in [4.69, 9.17) is 17.3 Å². The van der Waals surface area contributed by atoms with Crippen LogP contribution in [-0.4, -0.2) is 38.1 Å². The molecule has 0 aliphatic carbocycles. The molecule has 1 fully saturated rings. The fourth-order valence-electron chi connectivity index (χ4n) is 2.10. The van der Waals surface area contributed by atoms with E-state index in [1.165, 1.54) is 18.2 Å². The number of nitrogens with zero attached hydrogens (tertiary/aromatic N) is 1. The van der Waals surface area contributed by atoms with Gasteiger partial charge in [-0.25, -0.2) is 8.42 Å². The van der Waals surface area contributed by atoms with Gasteiger partial charge in [-0.3, -0.25) is 4.79 Å². The molecular weight excluding hydrogens is 288 g/mol. The summed E-state index contributed by atoms with van der Waals surface area (Å²) in [5, 5.41) is 0.363. The van der Waals surface area contributed by atoms with Crippen LogP contribution in [0, 0.1) is 0 Å². The Morgan fingerprint density at radius 2 is 1.95 bits per heavy atom. The molecule has 0 saturated carbocycles. The van der Waals surface area contributed by atoms with Crippen LogP contribution < -0.4 is 5.73 Å². The van der Waals surface area contributed by atoms with Crippen molar-refractivity contribution in [3.63, 3.8) is 0 Å². The number of likely N-dealkylation sites (tertiary alicyclic amines) is 1. The highest BCUT2D eigenvalue weighted by Crippen LogP contribution is 2.24. The van der Waals surface area contributed by atoms with E-state index in [1.54, 1.807) is 4.90 Å². The molecule has 1 aliphatic rings. The number of hydrogen-bond acceptors (Lipinski definition) is 4. The summed E-state index contributed by atoms with van der Waals surface area (Å²) >= 11 is 5.73. The number of halogens is 1. The van der Waals surface area contributed by atoms with E-state index in [2.05, 4.69) is 0 Å². The maximum absolute atomic E-state index is 12.2. The Bertz CT molecular complexity index is 595. The molecule has 1 aromatic carbocycles. The first-order chi connectivity index (χ1) is 8.90. The zero-order chi connectivity index (χ0) is 14.0. The standard InChI is InChI=1S/C12H15ClN2O3S/c13-9-3-4-11(10(14)7-9)19(17,18)8-12(16)15-5-1-2-6-15/h3-4,7H,1-2,5-6,8,14H2. The van der Waals surface area contributed by atoms with Crippen molar-refractivity contribution in [2.24, 2.45) is 0 Å². The largest absolute Gasteiger partial charge is 0.398 e. The predicted molar refractivity (Wildman–Crippen MR) is 73.7 cm³/mol. The highest BCUT2D eigenvalue weighted by molar-refractivity contribution is 7.92. The number of anilines is 1. The minimum atomic E-state index is -3.72. The van der Waals surface area contributed by atoms with E-state index in [9.17, 15) is 13.2 Å². The van der Waals surface area contributed by atoms with Crippen LogP contribution in [0.3, 0.4) is 0 Å². The summed E-state index contributed by atoms with van der Waals surface area (Å²) in [4.78, 5) is 13.4. The number of nitrogens with two attached hydrogens (primary N) is 1. The van der Waals surface area contributed by atoms with Crippen molar-refractivity contribution in [2.75, 3.05) is 24.6 Å². The lowest BCUT2D eigenvalue weighted by molar-refractivity contribution is -0.127. The van der Waals surface area contributed by atoms with Crippen molar-refractivity contribution in [1.29, 1.82) is 0 Å². The maximum atomic E-state index is 12.2. The highest BCUT2D eigenvalue weighted by atomic mass is 35.5. The minimum absolute atomic E-state index is 0.0375. The lowest BCUT2D eigenvalue weighted by Crippen LogP contribution is -2.33. The number of rotatable bonds is 3. The van der Waals surface area contributed by atoms with Gasteiger partial charge < -0.3 is 10.6 Å². The number of carbonyl (C=O) groups excluding carboxylic acids is 1. The molecule has 1 amide bonds. The number of hydrogen-bond donors (Lipinski definition) is 1. The fraction of sp³-hybridized carbons (Fsp3) is 0.417. The molecule has 0 unspecified atom stereocenters. The molecule has 2 N–H and O–H groups in total. The number of amides is 1. The quantitative estimate of drug-likeness (QED) is 0.854. The molecule has 1 aromatic rings. The third kappa shape index (κ3) is 3.19. The third-order valence-corrected chi connectivity index (χ3v) is 4.98. The van der Waals surface area contributed by atoms with Crippen molar-refractivity contribution < 1.29 is 13.2 Å². The van der Waals surface area contributed by atoms with Gasteiger partial charge in [-0.05, 0) is 31.0 Å². The van der Waals surface area contributed by atoms with Gasteiger partial charge in [0, 0.05) is 18.1 Å². The second kappa shape index (κ2) is 5.38. The second-order valence-corrected chi connectivity index (χ2v) is 6.92. The summed E-state index contributed by atoms with van der Waals surface area (Å²) in [5.41, 5.74) is 5.72.